The van der Waals surface area contributed by atoms with Crippen LogP contribution in [-0.2, 0) is 10.0 Å². The first-order valence-electron chi connectivity index (χ1n) is 5.20. The molecule has 0 amide bonds. The van der Waals surface area contributed by atoms with Gasteiger partial charge in [-0.1, -0.05) is 18.2 Å². The molecule has 0 bridgehead atoms. The summed E-state index contributed by atoms with van der Waals surface area (Å²) < 4.78 is 23.5. The first kappa shape index (κ1) is 11.1. The highest BCUT2D eigenvalue weighted by Gasteiger charge is 2.25. The summed E-state index contributed by atoms with van der Waals surface area (Å²) in [6, 6.07) is 8.24. The van der Waals surface area contributed by atoms with Gasteiger partial charge in [0.15, 0.2) is 0 Å². The van der Waals surface area contributed by atoms with Gasteiger partial charge in [0.05, 0.1) is 4.90 Å². The van der Waals surface area contributed by atoms with Gasteiger partial charge in [-0.2, -0.15) is 13.5 Å². The first-order valence-corrected chi connectivity index (χ1v) is 6.69. The molecule has 1 aliphatic rings. The van der Waals surface area contributed by atoms with Gasteiger partial charge in [-0.3, -0.25) is 0 Å². The van der Waals surface area contributed by atoms with Gasteiger partial charge in [0.1, 0.15) is 0 Å². The molecular formula is C11H14N2O2S. The fraction of sp³-hybridized carbons (Fsp3) is 0.364. The molecule has 0 saturated heterocycles. The Labute approximate surface area is 95.4 Å². The van der Waals surface area contributed by atoms with Crippen LogP contribution in [0.4, 0.5) is 0 Å². The number of hydrogen-bond acceptors (Lipinski definition) is 3. The van der Waals surface area contributed by atoms with Crippen molar-refractivity contribution in [3.8, 4) is 0 Å². The fourth-order valence-corrected chi connectivity index (χ4v) is 2.26. The van der Waals surface area contributed by atoms with Crippen molar-refractivity contribution in [2.75, 3.05) is 0 Å². The standard InChI is InChI=1S/C11H14N2O2S/c1-9(10-7-8-10)12-13-16(14,15)11-5-3-2-4-6-11/h2-6,10,13H,7-8H2,1H3/b12-9+. The van der Waals surface area contributed by atoms with Crippen LogP contribution in [0.1, 0.15) is 19.8 Å². The van der Waals surface area contributed by atoms with Gasteiger partial charge in [-0.25, -0.2) is 4.83 Å². The van der Waals surface area contributed by atoms with Crippen molar-refractivity contribution in [2.24, 2.45) is 11.0 Å². The molecule has 0 spiro atoms. The SMILES string of the molecule is C/C(=N\NS(=O)(=O)c1ccccc1)C1CC1. The smallest absolute Gasteiger partial charge is 0.200 e. The summed E-state index contributed by atoms with van der Waals surface area (Å²) in [4.78, 5) is 2.49. The molecule has 1 aromatic carbocycles. The minimum absolute atomic E-state index is 0.238. The first-order chi connectivity index (χ1) is 7.59. The van der Waals surface area contributed by atoms with Crippen LogP contribution in [-0.4, -0.2) is 14.1 Å². The summed E-state index contributed by atoms with van der Waals surface area (Å²) in [5, 5.41) is 3.91. The summed E-state index contributed by atoms with van der Waals surface area (Å²) in [5.41, 5.74) is 0.861. The van der Waals surface area contributed by atoms with Crippen molar-refractivity contribution < 1.29 is 8.42 Å². The van der Waals surface area contributed by atoms with Crippen LogP contribution in [0.15, 0.2) is 40.3 Å². The Morgan fingerprint density at radius 3 is 2.50 bits per heavy atom. The minimum atomic E-state index is -3.50. The van der Waals surface area contributed by atoms with Crippen molar-refractivity contribution in [3.63, 3.8) is 0 Å². The molecule has 0 aliphatic heterocycles. The van der Waals surface area contributed by atoms with E-state index in [1.165, 1.54) is 0 Å². The van der Waals surface area contributed by atoms with E-state index in [2.05, 4.69) is 9.93 Å². The van der Waals surface area contributed by atoms with Crippen LogP contribution < -0.4 is 4.83 Å². The predicted molar refractivity (Wildman–Crippen MR) is 62.6 cm³/mol. The van der Waals surface area contributed by atoms with E-state index in [-0.39, 0.29) is 4.90 Å². The lowest BCUT2D eigenvalue weighted by Crippen LogP contribution is -2.20. The molecule has 0 atom stereocenters. The maximum absolute atomic E-state index is 11.8. The number of hydrogen-bond donors (Lipinski definition) is 1. The fourth-order valence-electron chi connectivity index (χ4n) is 1.38. The van der Waals surface area contributed by atoms with Crippen molar-refractivity contribution in [1.82, 2.24) is 4.83 Å². The van der Waals surface area contributed by atoms with Crippen LogP contribution in [0.3, 0.4) is 0 Å². The molecule has 1 aliphatic carbocycles. The molecular weight excluding hydrogens is 224 g/mol. The normalized spacial score (nSPS) is 17.2. The molecule has 0 aromatic heterocycles. The number of hydrazone groups is 1. The molecule has 1 saturated carbocycles. The third-order valence-corrected chi connectivity index (χ3v) is 3.79. The van der Waals surface area contributed by atoms with E-state index in [0.29, 0.717) is 5.92 Å². The Morgan fingerprint density at radius 1 is 1.31 bits per heavy atom. The summed E-state index contributed by atoms with van der Waals surface area (Å²) in [5.74, 6) is 0.471. The number of nitrogens with one attached hydrogen (secondary N) is 1. The average molecular weight is 238 g/mol. The predicted octanol–water partition coefficient (Wildman–Crippen LogP) is 1.75. The van der Waals surface area contributed by atoms with Gasteiger partial charge in [-0.15, -0.1) is 0 Å². The number of rotatable bonds is 4. The largest absolute Gasteiger partial charge is 0.276 e. The average Bonchev–Trinajstić information content (AvgIpc) is 3.11. The van der Waals surface area contributed by atoms with E-state index in [1.807, 2.05) is 6.92 Å². The van der Waals surface area contributed by atoms with E-state index in [4.69, 9.17) is 0 Å². The van der Waals surface area contributed by atoms with Crippen LogP contribution in [0.25, 0.3) is 0 Å². The Balaban J connectivity index is 2.11. The van der Waals surface area contributed by atoms with Gasteiger partial charge >= 0.3 is 0 Å². The van der Waals surface area contributed by atoms with Gasteiger partial charge < -0.3 is 0 Å². The monoisotopic (exact) mass is 238 g/mol. The molecule has 86 valence electrons. The molecule has 0 heterocycles. The zero-order valence-electron chi connectivity index (χ0n) is 9.05. The van der Waals surface area contributed by atoms with Crippen LogP contribution in [0.5, 0.6) is 0 Å². The van der Waals surface area contributed by atoms with Crippen LogP contribution in [0.2, 0.25) is 0 Å². The Hall–Kier alpha value is -1.36. The van der Waals surface area contributed by atoms with Crippen molar-refractivity contribution in [2.45, 2.75) is 24.7 Å². The molecule has 4 nitrogen and oxygen atoms in total. The zero-order valence-corrected chi connectivity index (χ0v) is 9.87. The highest BCUT2D eigenvalue weighted by Crippen LogP contribution is 2.30. The van der Waals surface area contributed by atoms with E-state index >= 15 is 0 Å². The molecule has 1 aromatic rings. The number of benzene rings is 1. The highest BCUT2D eigenvalue weighted by atomic mass is 32.2. The lowest BCUT2D eigenvalue weighted by molar-refractivity contribution is 0.584. The number of sulfonamides is 1. The maximum Gasteiger partial charge on any atom is 0.276 e. The Bertz CT molecular complexity index is 490. The number of nitrogens with zero attached hydrogens (tertiary/aromatic N) is 1. The van der Waals surface area contributed by atoms with Crippen molar-refractivity contribution in [1.29, 1.82) is 0 Å². The second-order valence-corrected chi connectivity index (χ2v) is 5.60. The third kappa shape index (κ3) is 2.61. The summed E-state index contributed by atoms with van der Waals surface area (Å²) in [7, 11) is -3.50. The second-order valence-electron chi connectivity index (χ2n) is 3.94. The maximum atomic E-state index is 11.8. The molecule has 5 heteroatoms. The zero-order chi connectivity index (χ0) is 11.6. The topological polar surface area (TPSA) is 58.5 Å². The third-order valence-electron chi connectivity index (χ3n) is 2.56. The van der Waals surface area contributed by atoms with Gasteiger partial charge in [0, 0.05) is 5.71 Å². The molecule has 1 N–H and O–H groups in total. The highest BCUT2D eigenvalue weighted by molar-refractivity contribution is 7.89. The van der Waals surface area contributed by atoms with E-state index < -0.39 is 10.0 Å². The van der Waals surface area contributed by atoms with E-state index in [1.54, 1.807) is 30.3 Å². The van der Waals surface area contributed by atoms with Gasteiger partial charge in [0.25, 0.3) is 10.0 Å². The Morgan fingerprint density at radius 2 is 1.94 bits per heavy atom. The van der Waals surface area contributed by atoms with E-state index in [0.717, 1.165) is 18.6 Å². The molecule has 16 heavy (non-hydrogen) atoms. The molecule has 2 rings (SSSR count). The quantitative estimate of drug-likeness (QED) is 0.641. The minimum Gasteiger partial charge on any atom is -0.200 e. The lowest BCUT2D eigenvalue weighted by Gasteiger charge is -2.04. The lowest BCUT2D eigenvalue weighted by atomic mass is 10.3. The van der Waals surface area contributed by atoms with Crippen LogP contribution in [0, 0.1) is 5.92 Å². The van der Waals surface area contributed by atoms with Gasteiger partial charge in [0.2, 0.25) is 0 Å². The Kier molecular flexibility index (Phi) is 2.96. The molecule has 1 fully saturated rings. The molecule has 0 radical (unpaired) electrons. The summed E-state index contributed by atoms with van der Waals surface area (Å²) in [6.07, 6.45) is 2.23. The van der Waals surface area contributed by atoms with Crippen molar-refractivity contribution >= 4 is 15.7 Å². The van der Waals surface area contributed by atoms with E-state index in [9.17, 15) is 8.42 Å². The summed E-state index contributed by atoms with van der Waals surface area (Å²) >= 11 is 0. The van der Waals surface area contributed by atoms with Gasteiger partial charge in [-0.05, 0) is 37.8 Å². The molecule has 0 unspecified atom stereocenters. The van der Waals surface area contributed by atoms with Crippen LogP contribution >= 0.6 is 0 Å². The second kappa shape index (κ2) is 4.25. The summed E-state index contributed by atoms with van der Waals surface area (Å²) in [6.45, 7) is 1.85. The van der Waals surface area contributed by atoms with Crippen molar-refractivity contribution in [3.05, 3.63) is 30.3 Å².